The highest BCUT2D eigenvalue weighted by molar-refractivity contribution is 5.76. The lowest BCUT2D eigenvalue weighted by atomic mass is 10.1. The van der Waals surface area contributed by atoms with Crippen LogP contribution in [0.25, 0.3) is 5.69 Å². The number of carbonyl (C=O) groups is 1. The highest BCUT2D eigenvalue weighted by atomic mass is 16.1. The molecule has 0 aliphatic heterocycles. The first kappa shape index (κ1) is 15.9. The standard InChI is InChI=1S/C19H20N4O/c1-15(18-9-5-6-12-20-18)22-19(24)11-10-16-13-21-23(14-16)17-7-3-2-4-8-17/h2-9,12-15H,10-11H2,1H3,(H,22,24). The number of para-hydroxylation sites is 1. The Kier molecular flexibility index (Phi) is 5.01. The van der Waals surface area contributed by atoms with Crippen LogP contribution in [0.2, 0.25) is 0 Å². The molecule has 0 aliphatic carbocycles. The maximum atomic E-state index is 12.1. The summed E-state index contributed by atoms with van der Waals surface area (Å²) in [6.45, 7) is 1.94. The highest BCUT2D eigenvalue weighted by Gasteiger charge is 2.11. The van der Waals surface area contributed by atoms with E-state index in [0.29, 0.717) is 12.8 Å². The Balaban J connectivity index is 1.53. The summed E-state index contributed by atoms with van der Waals surface area (Å²) < 4.78 is 1.82. The molecular weight excluding hydrogens is 300 g/mol. The fourth-order valence-electron chi connectivity index (χ4n) is 2.49. The van der Waals surface area contributed by atoms with Gasteiger partial charge < -0.3 is 5.32 Å². The molecule has 0 bridgehead atoms. The summed E-state index contributed by atoms with van der Waals surface area (Å²) in [7, 11) is 0. The number of benzene rings is 1. The van der Waals surface area contributed by atoms with Crippen LogP contribution in [0.1, 0.15) is 30.6 Å². The van der Waals surface area contributed by atoms with Crippen LogP contribution in [0, 0.1) is 0 Å². The smallest absolute Gasteiger partial charge is 0.220 e. The molecule has 1 unspecified atom stereocenters. The zero-order chi connectivity index (χ0) is 16.8. The molecular formula is C19H20N4O. The van der Waals surface area contributed by atoms with E-state index < -0.39 is 0 Å². The van der Waals surface area contributed by atoms with Crippen molar-refractivity contribution in [2.45, 2.75) is 25.8 Å². The van der Waals surface area contributed by atoms with Gasteiger partial charge in [-0.05, 0) is 43.2 Å². The molecule has 5 heteroatoms. The molecule has 2 heterocycles. The first-order chi connectivity index (χ1) is 11.7. The van der Waals surface area contributed by atoms with Gasteiger partial charge in [-0.3, -0.25) is 9.78 Å². The second-order valence-corrected chi connectivity index (χ2v) is 5.67. The van der Waals surface area contributed by atoms with E-state index in [9.17, 15) is 4.79 Å². The maximum Gasteiger partial charge on any atom is 0.220 e. The molecule has 0 saturated heterocycles. The Morgan fingerprint density at radius 1 is 1.17 bits per heavy atom. The average molecular weight is 320 g/mol. The van der Waals surface area contributed by atoms with Crippen molar-refractivity contribution < 1.29 is 4.79 Å². The van der Waals surface area contributed by atoms with Crippen molar-refractivity contribution in [3.63, 3.8) is 0 Å². The fourth-order valence-corrected chi connectivity index (χ4v) is 2.49. The number of hydrogen-bond donors (Lipinski definition) is 1. The van der Waals surface area contributed by atoms with Crippen LogP contribution in [0.15, 0.2) is 67.1 Å². The molecule has 1 atom stereocenters. The molecule has 3 rings (SSSR count). The van der Waals surface area contributed by atoms with Crippen LogP contribution in [-0.2, 0) is 11.2 Å². The van der Waals surface area contributed by atoms with E-state index in [4.69, 9.17) is 0 Å². The molecule has 122 valence electrons. The summed E-state index contributed by atoms with van der Waals surface area (Å²) in [5.74, 6) is 0.0145. The average Bonchev–Trinajstić information content (AvgIpc) is 3.10. The minimum absolute atomic E-state index is 0.0145. The van der Waals surface area contributed by atoms with Crippen molar-refractivity contribution >= 4 is 5.91 Å². The van der Waals surface area contributed by atoms with Gasteiger partial charge in [0.05, 0.1) is 23.6 Å². The van der Waals surface area contributed by atoms with Gasteiger partial charge in [-0.25, -0.2) is 4.68 Å². The Morgan fingerprint density at radius 2 is 1.96 bits per heavy atom. The molecule has 1 amide bonds. The van der Waals surface area contributed by atoms with Crippen molar-refractivity contribution in [2.24, 2.45) is 0 Å². The van der Waals surface area contributed by atoms with Crippen LogP contribution in [0.5, 0.6) is 0 Å². The number of pyridine rings is 1. The van der Waals surface area contributed by atoms with E-state index in [2.05, 4.69) is 15.4 Å². The first-order valence-corrected chi connectivity index (χ1v) is 8.01. The van der Waals surface area contributed by atoms with E-state index in [0.717, 1.165) is 16.9 Å². The van der Waals surface area contributed by atoms with Gasteiger partial charge in [-0.1, -0.05) is 24.3 Å². The summed E-state index contributed by atoms with van der Waals surface area (Å²) >= 11 is 0. The van der Waals surface area contributed by atoms with Gasteiger partial charge >= 0.3 is 0 Å². The third-order valence-corrected chi connectivity index (χ3v) is 3.81. The molecule has 0 saturated carbocycles. The van der Waals surface area contributed by atoms with Gasteiger partial charge in [-0.15, -0.1) is 0 Å². The van der Waals surface area contributed by atoms with E-state index in [1.165, 1.54) is 0 Å². The minimum Gasteiger partial charge on any atom is -0.348 e. The molecule has 5 nitrogen and oxygen atoms in total. The number of nitrogens with zero attached hydrogens (tertiary/aromatic N) is 3. The van der Waals surface area contributed by atoms with E-state index in [1.807, 2.05) is 72.5 Å². The fraction of sp³-hybridized carbons (Fsp3) is 0.211. The number of aromatic nitrogens is 3. The lowest BCUT2D eigenvalue weighted by molar-refractivity contribution is -0.121. The van der Waals surface area contributed by atoms with Crippen LogP contribution in [0.4, 0.5) is 0 Å². The van der Waals surface area contributed by atoms with E-state index >= 15 is 0 Å². The number of nitrogens with one attached hydrogen (secondary N) is 1. The lowest BCUT2D eigenvalue weighted by Gasteiger charge is -2.12. The summed E-state index contributed by atoms with van der Waals surface area (Å²) in [4.78, 5) is 16.4. The number of hydrogen-bond acceptors (Lipinski definition) is 3. The zero-order valence-corrected chi connectivity index (χ0v) is 13.6. The predicted molar refractivity (Wildman–Crippen MR) is 92.7 cm³/mol. The Labute approximate surface area is 141 Å². The van der Waals surface area contributed by atoms with Crippen LogP contribution in [0.3, 0.4) is 0 Å². The predicted octanol–water partition coefficient (Wildman–Crippen LogP) is 3.08. The first-order valence-electron chi connectivity index (χ1n) is 8.01. The summed E-state index contributed by atoms with van der Waals surface area (Å²) in [5.41, 5.74) is 2.92. The van der Waals surface area contributed by atoms with Crippen molar-refractivity contribution in [1.82, 2.24) is 20.1 Å². The number of aryl methyl sites for hydroxylation is 1. The Morgan fingerprint density at radius 3 is 2.71 bits per heavy atom. The van der Waals surface area contributed by atoms with Crippen molar-refractivity contribution in [1.29, 1.82) is 0 Å². The van der Waals surface area contributed by atoms with Crippen molar-refractivity contribution in [3.05, 3.63) is 78.4 Å². The van der Waals surface area contributed by atoms with E-state index in [-0.39, 0.29) is 11.9 Å². The molecule has 24 heavy (non-hydrogen) atoms. The SMILES string of the molecule is CC(NC(=O)CCc1cnn(-c2ccccc2)c1)c1ccccn1. The molecule has 0 aliphatic rings. The van der Waals surface area contributed by atoms with Gasteiger partial charge in [-0.2, -0.15) is 5.10 Å². The van der Waals surface area contributed by atoms with Gasteiger partial charge in [0.1, 0.15) is 0 Å². The molecule has 2 aromatic heterocycles. The molecule has 0 spiro atoms. The van der Waals surface area contributed by atoms with Gasteiger partial charge in [0.15, 0.2) is 0 Å². The summed E-state index contributed by atoms with van der Waals surface area (Å²) in [5, 5.41) is 7.32. The lowest BCUT2D eigenvalue weighted by Crippen LogP contribution is -2.27. The third kappa shape index (κ3) is 4.07. The largest absolute Gasteiger partial charge is 0.348 e. The highest BCUT2D eigenvalue weighted by Crippen LogP contribution is 2.11. The second-order valence-electron chi connectivity index (χ2n) is 5.67. The molecule has 0 radical (unpaired) electrons. The monoisotopic (exact) mass is 320 g/mol. The topological polar surface area (TPSA) is 59.8 Å². The molecule has 1 N–H and O–H groups in total. The van der Waals surface area contributed by atoms with Gasteiger partial charge in [0.25, 0.3) is 0 Å². The third-order valence-electron chi connectivity index (χ3n) is 3.81. The van der Waals surface area contributed by atoms with Gasteiger partial charge in [0, 0.05) is 18.8 Å². The number of carbonyl (C=O) groups excluding carboxylic acids is 1. The van der Waals surface area contributed by atoms with Crippen LogP contribution < -0.4 is 5.32 Å². The molecule has 3 aromatic rings. The van der Waals surface area contributed by atoms with Crippen LogP contribution >= 0.6 is 0 Å². The van der Waals surface area contributed by atoms with Crippen molar-refractivity contribution in [2.75, 3.05) is 0 Å². The minimum atomic E-state index is -0.0919. The Hall–Kier alpha value is -2.95. The zero-order valence-electron chi connectivity index (χ0n) is 13.6. The number of rotatable bonds is 6. The molecule has 1 aromatic carbocycles. The number of amides is 1. The Bertz CT molecular complexity index is 783. The molecule has 0 fully saturated rings. The quantitative estimate of drug-likeness (QED) is 0.759. The summed E-state index contributed by atoms with van der Waals surface area (Å²) in [6.07, 6.45) is 6.59. The van der Waals surface area contributed by atoms with Crippen molar-refractivity contribution in [3.8, 4) is 5.69 Å². The normalized spacial score (nSPS) is 11.9. The van der Waals surface area contributed by atoms with Gasteiger partial charge in [0.2, 0.25) is 5.91 Å². The second kappa shape index (κ2) is 7.55. The van der Waals surface area contributed by atoms with Crippen LogP contribution in [-0.4, -0.2) is 20.7 Å². The maximum absolute atomic E-state index is 12.1. The van der Waals surface area contributed by atoms with E-state index in [1.54, 1.807) is 6.20 Å². The summed E-state index contributed by atoms with van der Waals surface area (Å²) in [6, 6.07) is 15.5.